The molecule has 0 aliphatic rings. The molecule has 19 heavy (non-hydrogen) atoms. The number of rotatable bonds is 5. The zero-order chi connectivity index (χ0) is 13.5. The second-order valence-corrected chi connectivity index (χ2v) is 5.09. The van der Waals surface area contributed by atoms with E-state index in [9.17, 15) is 0 Å². The van der Waals surface area contributed by atoms with Gasteiger partial charge in [-0.2, -0.15) is 0 Å². The van der Waals surface area contributed by atoms with Crippen LogP contribution in [0.3, 0.4) is 0 Å². The predicted octanol–water partition coefficient (Wildman–Crippen LogP) is 4.69. The van der Waals surface area contributed by atoms with E-state index in [1.165, 1.54) is 5.56 Å². The van der Waals surface area contributed by atoms with Crippen molar-refractivity contribution >= 4 is 22.9 Å². The highest BCUT2D eigenvalue weighted by Gasteiger charge is 2.13. The van der Waals surface area contributed by atoms with Crippen LogP contribution in [0.15, 0.2) is 60.7 Å². The monoisotopic (exact) mass is 269 g/mol. The molecule has 0 heterocycles. The maximum atomic E-state index is 5.54. The Hall–Kier alpha value is -1.67. The molecule has 0 unspecified atom stereocenters. The molecule has 0 saturated carbocycles. The van der Waals surface area contributed by atoms with Gasteiger partial charge in [-0.25, -0.2) is 0 Å². The van der Waals surface area contributed by atoms with E-state index in [2.05, 4.69) is 36.5 Å². The van der Waals surface area contributed by atoms with E-state index in [4.69, 9.17) is 12.2 Å². The number of hydrogen-bond acceptors (Lipinski definition) is 1. The maximum Gasteiger partial charge on any atom is 0.0831 e. The third-order valence-corrected chi connectivity index (χ3v) is 3.67. The molecule has 0 saturated heterocycles. The smallest absolute Gasteiger partial charge is 0.0831 e. The number of hydrogen-bond donors (Lipinski definition) is 1. The van der Waals surface area contributed by atoms with Crippen molar-refractivity contribution in [2.75, 3.05) is 5.32 Å². The van der Waals surface area contributed by atoms with E-state index in [0.717, 1.165) is 23.5 Å². The largest absolute Gasteiger partial charge is 0.350 e. The topological polar surface area (TPSA) is 12.0 Å². The van der Waals surface area contributed by atoms with Gasteiger partial charge in [0.25, 0.3) is 0 Å². The molecule has 2 aromatic carbocycles. The van der Waals surface area contributed by atoms with Gasteiger partial charge in [-0.05, 0) is 30.5 Å². The zero-order valence-corrected chi connectivity index (χ0v) is 12.0. The number of para-hydroxylation sites is 1. The van der Waals surface area contributed by atoms with Crippen LogP contribution in [0.5, 0.6) is 0 Å². The van der Waals surface area contributed by atoms with Gasteiger partial charge in [0, 0.05) is 11.6 Å². The van der Waals surface area contributed by atoms with Crippen LogP contribution < -0.4 is 5.32 Å². The third-order valence-electron chi connectivity index (χ3n) is 3.23. The molecule has 1 atom stereocenters. The minimum Gasteiger partial charge on any atom is -0.350 e. The fraction of sp³-hybridized carbons (Fsp3) is 0.235. The van der Waals surface area contributed by atoms with Crippen LogP contribution in [-0.4, -0.2) is 4.99 Å². The van der Waals surface area contributed by atoms with Crippen molar-refractivity contribution in [2.24, 2.45) is 5.92 Å². The van der Waals surface area contributed by atoms with Gasteiger partial charge in [-0.1, -0.05) is 67.7 Å². The lowest BCUT2D eigenvalue weighted by molar-refractivity contribution is 0.669. The Balaban J connectivity index is 2.00. The molecular formula is C17H19NS. The van der Waals surface area contributed by atoms with Crippen molar-refractivity contribution in [2.45, 2.75) is 19.8 Å². The molecule has 0 aliphatic carbocycles. The lowest BCUT2D eigenvalue weighted by Gasteiger charge is -2.18. The molecule has 98 valence electrons. The van der Waals surface area contributed by atoms with Gasteiger partial charge in [0.2, 0.25) is 0 Å². The molecule has 2 heteroatoms. The maximum absolute atomic E-state index is 5.54. The van der Waals surface area contributed by atoms with Crippen LogP contribution in [0.4, 0.5) is 5.69 Å². The molecule has 0 bridgehead atoms. The number of anilines is 1. The van der Waals surface area contributed by atoms with Crippen LogP contribution in [0, 0.1) is 5.92 Å². The molecule has 0 amide bonds. The summed E-state index contributed by atoms with van der Waals surface area (Å²) in [6.07, 6.45) is 2.05. The standard InChI is InChI=1S/C17H19NS/c1-2-15(13-14-9-5-3-6-10-14)17(19)18-16-11-7-4-8-12-16/h3-12,15H,2,13H2,1H3,(H,18,19)/t15-/m0/s1. The Morgan fingerprint density at radius 1 is 1.00 bits per heavy atom. The Morgan fingerprint density at radius 3 is 2.16 bits per heavy atom. The molecule has 0 fully saturated rings. The van der Waals surface area contributed by atoms with Crippen molar-refractivity contribution in [1.82, 2.24) is 0 Å². The number of nitrogens with one attached hydrogen (secondary N) is 1. The molecule has 2 rings (SSSR count). The second-order valence-electron chi connectivity index (χ2n) is 4.65. The molecule has 1 N–H and O–H groups in total. The summed E-state index contributed by atoms with van der Waals surface area (Å²) in [5, 5.41) is 3.34. The number of thiocarbonyl (C=S) groups is 1. The molecule has 0 radical (unpaired) electrons. The van der Waals surface area contributed by atoms with Crippen molar-refractivity contribution in [3.05, 3.63) is 66.2 Å². The highest BCUT2D eigenvalue weighted by Crippen LogP contribution is 2.16. The third kappa shape index (κ3) is 4.18. The second kappa shape index (κ2) is 7.05. The van der Waals surface area contributed by atoms with Crippen molar-refractivity contribution < 1.29 is 0 Å². The first-order valence-corrected chi connectivity index (χ1v) is 7.10. The lowest BCUT2D eigenvalue weighted by Crippen LogP contribution is -2.22. The Morgan fingerprint density at radius 2 is 1.58 bits per heavy atom. The summed E-state index contributed by atoms with van der Waals surface area (Å²) >= 11 is 5.54. The summed E-state index contributed by atoms with van der Waals surface area (Å²) < 4.78 is 0. The van der Waals surface area contributed by atoms with Gasteiger partial charge in [0.1, 0.15) is 0 Å². The van der Waals surface area contributed by atoms with E-state index < -0.39 is 0 Å². The first-order chi connectivity index (χ1) is 9.29. The highest BCUT2D eigenvalue weighted by atomic mass is 32.1. The van der Waals surface area contributed by atoms with Crippen molar-refractivity contribution in [1.29, 1.82) is 0 Å². The molecule has 2 aromatic rings. The lowest BCUT2D eigenvalue weighted by atomic mass is 9.96. The summed E-state index contributed by atoms with van der Waals surface area (Å²) in [4.78, 5) is 0.928. The zero-order valence-electron chi connectivity index (χ0n) is 11.2. The van der Waals surface area contributed by atoms with Crippen LogP contribution >= 0.6 is 12.2 Å². The molecule has 0 aliphatic heterocycles. The summed E-state index contributed by atoms with van der Waals surface area (Å²) in [6, 6.07) is 20.7. The quantitative estimate of drug-likeness (QED) is 0.790. The highest BCUT2D eigenvalue weighted by molar-refractivity contribution is 7.80. The van der Waals surface area contributed by atoms with Crippen LogP contribution in [0.25, 0.3) is 0 Å². The fourth-order valence-electron chi connectivity index (χ4n) is 2.09. The van der Waals surface area contributed by atoms with E-state index >= 15 is 0 Å². The molecule has 0 aromatic heterocycles. The minimum atomic E-state index is 0.387. The first kappa shape index (κ1) is 13.8. The first-order valence-electron chi connectivity index (χ1n) is 6.69. The van der Waals surface area contributed by atoms with E-state index in [0.29, 0.717) is 5.92 Å². The Labute approximate surface area is 120 Å². The van der Waals surface area contributed by atoms with Gasteiger partial charge in [-0.3, -0.25) is 0 Å². The van der Waals surface area contributed by atoms with E-state index in [1.54, 1.807) is 0 Å². The van der Waals surface area contributed by atoms with Gasteiger partial charge in [-0.15, -0.1) is 0 Å². The summed E-state index contributed by atoms with van der Waals surface area (Å²) in [5.41, 5.74) is 2.41. The Kier molecular flexibility index (Phi) is 5.10. The van der Waals surface area contributed by atoms with Gasteiger partial charge in [0.05, 0.1) is 4.99 Å². The van der Waals surface area contributed by atoms with Crippen molar-refractivity contribution in [3.63, 3.8) is 0 Å². The SMILES string of the molecule is CC[C@@H](Cc1ccccc1)C(=S)Nc1ccccc1. The average Bonchev–Trinajstić information content (AvgIpc) is 2.47. The van der Waals surface area contributed by atoms with Crippen LogP contribution in [0.1, 0.15) is 18.9 Å². The summed E-state index contributed by atoms with van der Waals surface area (Å²) in [5.74, 6) is 0.387. The predicted molar refractivity (Wildman–Crippen MR) is 86.6 cm³/mol. The van der Waals surface area contributed by atoms with Gasteiger partial charge >= 0.3 is 0 Å². The van der Waals surface area contributed by atoms with Gasteiger partial charge in [0.15, 0.2) is 0 Å². The fourth-order valence-corrected chi connectivity index (χ4v) is 2.45. The van der Waals surface area contributed by atoms with Gasteiger partial charge < -0.3 is 5.32 Å². The number of benzene rings is 2. The Bertz CT molecular complexity index is 507. The molecule has 1 nitrogen and oxygen atoms in total. The molecule has 0 spiro atoms. The summed E-state index contributed by atoms with van der Waals surface area (Å²) in [6.45, 7) is 2.19. The minimum absolute atomic E-state index is 0.387. The summed E-state index contributed by atoms with van der Waals surface area (Å²) in [7, 11) is 0. The van der Waals surface area contributed by atoms with Crippen LogP contribution in [0.2, 0.25) is 0 Å². The van der Waals surface area contributed by atoms with Crippen LogP contribution in [-0.2, 0) is 6.42 Å². The normalized spacial score (nSPS) is 11.8. The average molecular weight is 269 g/mol. The van der Waals surface area contributed by atoms with Crippen molar-refractivity contribution in [3.8, 4) is 0 Å². The molecular weight excluding hydrogens is 250 g/mol. The van der Waals surface area contributed by atoms with E-state index in [-0.39, 0.29) is 0 Å². The van der Waals surface area contributed by atoms with E-state index in [1.807, 2.05) is 36.4 Å².